The molecule has 1 aromatic rings. The highest BCUT2D eigenvalue weighted by Gasteiger charge is 2.10. The Balaban J connectivity index is 3.02. The molecule has 3 nitrogen and oxygen atoms in total. The Morgan fingerprint density at radius 1 is 1.33 bits per heavy atom. The van der Waals surface area contributed by atoms with Gasteiger partial charge in [0.1, 0.15) is 0 Å². The zero-order valence-electron chi connectivity index (χ0n) is 9.75. The van der Waals surface area contributed by atoms with Gasteiger partial charge in [0, 0.05) is 24.3 Å². The average Bonchev–Trinajstić information content (AvgIpc) is 2.16. The van der Waals surface area contributed by atoms with Crippen molar-refractivity contribution in [3.05, 3.63) is 29.3 Å². The van der Waals surface area contributed by atoms with Crippen LogP contribution in [0.2, 0.25) is 0 Å². The van der Waals surface area contributed by atoms with Crippen LogP contribution >= 0.6 is 0 Å². The Hall–Kier alpha value is -1.06. The third kappa shape index (κ3) is 3.22. The molecule has 1 aromatic carbocycles. The van der Waals surface area contributed by atoms with E-state index in [0.717, 1.165) is 11.3 Å². The van der Waals surface area contributed by atoms with Gasteiger partial charge in [-0.3, -0.25) is 0 Å². The van der Waals surface area contributed by atoms with E-state index >= 15 is 0 Å². The van der Waals surface area contributed by atoms with Crippen molar-refractivity contribution in [1.29, 1.82) is 0 Å². The van der Waals surface area contributed by atoms with Gasteiger partial charge >= 0.3 is 0 Å². The number of anilines is 1. The number of hydrogen-bond donors (Lipinski definition) is 3. The van der Waals surface area contributed by atoms with Crippen LogP contribution in [0.4, 0.5) is 5.69 Å². The molecule has 0 fully saturated rings. The SMILES string of the molecule is Cc1ccc([C@@H](N)CN)c(NC(C)C)c1. The number of nitrogens with one attached hydrogen (secondary N) is 1. The first-order chi connectivity index (χ1) is 7.04. The predicted molar refractivity (Wildman–Crippen MR) is 65.9 cm³/mol. The minimum Gasteiger partial charge on any atom is -0.383 e. The minimum absolute atomic E-state index is 0.0909. The van der Waals surface area contributed by atoms with Crippen LogP contribution in [0.3, 0.4) is 0 Å². The molecule has 0 aliphatic heterocycles. The lowest BCUT2D eigenvalue weighted by atomic mass is 10.0. The van der Waals surface area contributed by atoms with E-state index in [9.17, 15) is 0 Å². The summed E-state index contributed by atoms with van der Waals surface area (Å²) in [5.41, 5.74) is 15.0. The molecule has 0 amide bonds. The van der Waals surface area contributed by atoms with Crippen LogP contribution in [-0.2, 0) is 0 Å². The lowest BCUT2D eigenvalue weighted by Gasteiger charge is -2.19. The lowest BCUT2D eigenvalue weighted by Crippen LogP contribution is -2.23. The second kappa shape index (κ2) is 5.14. The molecule has 1 rings (SSSR count). The Bertz CT molecular complexity index is 321. The van der Waals surface area contributed by atoms with E-state index < -0.39 is 0 Å². The molecule has 0 aliphatic carbocycles. The molecule has 15 heavy (non-hydrogen) atoms. The van der Waals surface area contributed by atoms with Gasteiger partial charge < -0.3 is 16.8 Å². The van der Waals surface area contributed by atoms with Gasteiger partial charge in [-0.1, -0.05) is 12.1 Å². The van der Waals surface area contributed by atoms with Crippen LogP contribution in [0.5, 0.6) is 0 Å². The van der Waals surface area contributed by atoms with Gasteiger partial charge in [-0.15, -0.1) is 0 Å². The molecular formula is C12H21N3. The van der Waals surface area contributed by atoms with Crippen LogP contribution in [0.25, 0.3) is 0 Å². The van der Waals surface area contributed by atoms with Gasteiger partial charge in [0.05, 0.1) is 0 Å². The maximum atomic E-state index is 5.96. The first kappa shape index (κ1) is 12.0. The summed E-state index contributed by atoms with van der Waals surface area (Å²) < 4.78 is 0. The molecule has 0 aliphatic rings. The van der Waals surface area contributed by atoms with Gasteiger partial charge in [-0.2, -0.15) is 0 Å². The number of hydrogen-bond acceptors (Lipinski definition) is 3. The van der Waals surface area contributed by atoms with Crippen molar-refractivity contribution in [2.24, 2.45) is 11.5 Å². The molecule has 3 heteroatoms. The first-order valence-corrected chi connectivity index (χ1v) is 5.37. The third-order valence-corrected chi connectivity index (χ3v) is 2.31. The lowest BCUT2D eigenvalue weighted by molar-refractivity contribution is 0.735. The second-order valence-electron chi connectivity index (χ2n) is 4.23. The summed E-state index contributed by atoms with van der Waals surface area (Å²) in [6.45, 7) is 6.76. The predicted octanol–water partition coefficient (Wildman–Crippen LogP) is 1.77. The van der Waals surface area contributed by atoms with E-state index in [0.29, 0.717) is 12.6 Å². The zero-order valence-corrected chi connectivity index (χ0v) is 9.75. The Morgan fingerprint density at radius 3 is 2.53 bits per heavy atom. The van der Waals surface area contributed by atoms with Gasteiger partial charge in [0.15, 0.2) is 0 Å². The van der Waals surface area contributed by atoms with Crippen LogP contribution in [0, 0.1) is 6.92 Å². The molecule has 0 radical (unpaired) electrons. The fraction of sp³-hybridized carbons (Fsp3) is 0.500. The molecule has 1 atom stereocenters. The summed E-state index contributed by atoms with van der Waals surface area (Å²) in [7, 11) is 0. The fourth-order valence-corrected chi connectivity index (χ4v) is 1.56. The molecule has 0 saturated carbocycles. The van der Waals surface area contributed by atoms with E-state index in [-0.39, 0.29) is 6.04 Å². The summed E-state index contributed by atoms with van der Waals surface area (Å²) in [5.74, 6) is 0. The van der Waals surface area contributed by atoms with E-state index in [1.165, 1.54) is 5.56 Å². The highest BCUT2D eigenvalue weighted by atomic mass is 14.9. The summed E-state index contributed by atoms with van der Waals surface area (Å²) >= 11 is 0. The highest BCUT2D eigenvalue weighted by Crippen LogP contribution is 2.23. The highest BCUT2D eigenvalue weighted by molar-refractivity contribution is 5.55. The molecule has 0 spiro atoms. The maximum absolute atomic E-state index is 5.96. The molecule has 0 heterocycles. The smallest absolute Gasteiger partial charge is 0.0440 e. The third-order valence-electron chi connectivity index (χ3n) is 2.31. The summed E-state index contributed by atoms with van der Waals surface area (Å²) in [6, 6.07) is 6.54. The average molecular weight is 207 g/mol. The molecule has 0 aromatic heterocycles. The molecule has 84 valence electrons. The van der Waals surface area contributed by atoms with Crippen molar-refractivity contribution < 1.29 is 0 Å². The van der Waals surface area contributed by atoms with Gasteiger partial charge in [-0.25, -0.2) is 0 Å². The molecule has 0 bridgehead atoms. The van der Waals surface area contributed by atoms with E-state index in [4.69, 9.17) is 11.5 Å². The maximum Gasteiger partial charge on any atom is 0.0440 e. The van der Waals surface area contributed by atoms with Crippen molar-refractivity contribution in [2.45, 2.75) is 32.9 Å². The van der Waals surface area contributed by atoms with Crippen LogP contribution in [0.15, 0.2) is 18.2 Å². The molecule has 0 saturated heterocycles. The number of rotatable bonds is 4. The Labute approximate surface area is 91.9 Å². The number of aryl methyl sites for hydroxylation is 1. The van der Waals surface area contributed by atoms with Crippen molar-refractivity contribution in [1.82, 2.24) is 0 Å². The fourth-order valence-electron chi connectivity index (χ4n) is 1.56. The Morgan fingerprint density at radius 2 is 2.00 bits per heavy atom. The second-order valence-corrected chi connectivity index (χ2v) is 4.23. The monoisotopic (exact) mass is 207 g/mol. The van der Waals surface area contributed by atoms with Crippen LogP contribution in [-0.4, -0.2) is 12.6 Å². The molecule has 0 unspecified atom stereocenters. The largest absolute Gasteiger partial charge is 0.383 e. The standard InChI is InChI=1S/C12H21N3/c1-8(2)15-12-6-9(3)4-5-10(12)11(14)7-13/h4-6,8,11,15H,7,13-14H2,1-3H3/t11-/m0/s1. The zero-order chi connectivity index (χ0) is 11.4. The van der Waals surface area contributed by atoms with Crippen molar-refractivity contribution in [2.75, 3.05) is 11.9 Å². The summed E-state index contributed by atoms with van der Waals surface area (Å²) in [6.07, 6.45) is 0. The Kier molecular flexibility index (Phi) is 4.12. The molecule has 5 N–H and O–H groups in total. The van der Waals surface area contributed by atoms with Gasteiger partial charge in [0.2, 0.25) is 0 Å². The van der Waals surface area contributed by atoms with Gasteiger partial charge in [0.25, 0.3) is 0 Å². The number of nitrogens with two attached hydrogens (primary N) is 2. The van der Waals surface area contributed by atoms with E-state index in [2.05, 4.69) is 44.3 Å². The molecular weight excluding hydrogens is 186 g/mol. The quantitative estimate of drug-likeness (QED) is 0.705. The van der Waals surface area contributed by atoms with Crippen molar-refractivity contribution >= 4 is 5.69 Å². The van der Waals surface area contributed by atoms with Crippen molar-refractivity contribution in [3.8, 4) is 0 Å². The minimum atomic E-state index is -0.0909. The van der Waals surface area contributed by atoms with Crippen molar-refractivity contribution in [3.63, 3.8) is 0 Å². The van der Waals surface area contributed by atoms with E-state index in [1.54, 1.807) is 0 Å². The summed E-state index contributed by atoms with van der Waals surface area (Å²) in [4.78, 5) is 0. The van der Waals surface area contributed by atoms with Crippen LogP contribution < -0.4 is 16.8 Å². The first-order valence-electron chi connectivity index (χ1n) is 5.37. The van der Waals surface area contributed by atoms with E-state index in [1.807, 2.05) is 0 Å². The topological polar surface area (TPSA) is 64.1 Å². The number of benzene rings is 1. The van der Waals surface area contributed by atoms with Crippen LogP contribution in [0.1, 0.15) is 31.0 Å². The van der Waals surface area contributed by atoms with Gasteiger partial charge in [-0.05, 0) is 38.0 Å². The normalized spacial score (nSPS) is 12.9. The summed E-state index contributed by atoms with van der Waals surface area (Å²) in [5, 5.41) is 3.39.